The van der Waals surface area contributed by atoms with Crippen LogP contribution in [0.4, 0.5) is 0 Å². The lowest BCUT2D eigenvalue weighted by molar-refractivity contribution is 0.204. The first-order valence-electron chi connectivity index (χ1n) is 7.69. The molecule has 1 N–H and O–H groups in total. The Labute approximate surface area is 128 Å². The van der Waals surface area contributed by atoms with E-state index < -0.39 is 0 Å². The fourth-order valence-corrected chi connectivity index (χ4v) is 3.52. The molecule has 1 unspecified atom stereocenters. The zero-order valence-electron chi connectivity index (χ0n) is 13.1. The molecule has 0 saturated carbocycles. The van der Waals surface area contributed by atoms with E-state index in [1.54, 1.807) is 0 Å². The van der Waals surface area contributed by atoms with Crippen LogP contribution in [0.5, 0.6) is 0 Å². The molecule has 20 heavy (non-hydrogen) atoms. The molecule has 1 heterocycles. The number of nitrogens with zero attached hydrogens (tertiary/aromatic N) is 1. The van der Waals surface area contributed by atoms with Crippen LogP contribution in [0.25, 0.3) is 0 Å². The maximum atomic E-state index is 3.71. The van der Waals surface area contributed by atoms with Crippen LogP contribution in [0.15, 0.2) is 35.2 Å². The SMILES string of the molecule is CC(C)(C)C1CN(CCSc2ccccc2)CCCN1. The van der Waals surface area contributed by atoms with Gasteiger partial charge in [0.25, 0.3) is 0 Å². The minimum Gasteiger partial charge on any atom is -0.312 e. The average molecular weight is 292 g/mol. The molecule has 112 valence electrons. The van der Waals surface area contributed by atoms with Gasteiger partial charge in [-0.1, -0.05) is 39.0 Å². The first kappa shape index (κ1) is 15.9. The number of rotatable bonds is 4. The van der Waals surface area contributed by atoms with Crippen LogP contribution in [0.1, 0.15) is 27.2 Å². The summed E-state index contributed by atoms with van der Waals surface area (Å²) in [5.41, 5.74) is 0.342. The molecular weight excluding hydrogens is 264 g/mol. The Hall–Kier alpha value is -0.510. The maximum Gasteiger partial charge on any atom is 0.0243 e. The van der Waals surface area contributed by atoms with Gasteiger partial charge in [0.05, 0.1) is 0 Å². The second kappa shape index (κ2) is 7.48. The van der Waals surface area contributed by atoms with Crippen LogP contribution in [0.2, 0.25) is 0 Å². The van der Waals surface area contributed by atoms with Crippen LogP contribution in [0.3, 0.4) is 0 Å². The van der Waals surface area contributed by atoms with Crippen LogP contribution >= 0.6 is 11.8 Å². The Morgan fingerprint density at radius 1 is 1.25 bits per heavy atom. The normalized spacial score (nSPS) is 21.6. The lowest BCUT2D eigenvalue weighted by Gasteiger charge is -2.33. The molecule has 1 atom stereocenters. The highest BCUT2D eigenvalue weighted by atomic mass is 32.2. The first-order valence-corrected chi connectivity index (χ1v) is 8.68. The molecule has 1 aromatic rings. The third-order valence-corrected chi connectivity index (χ3v) is 4.94. The van der Waals surface area contributed by atoms with E-state index in [9.17, 15) is 0 Å². The summed E-state index contributed by atoms with van der Waals surface area (Å²) in [5.74, 6) is 1.18. The van der Waals surface area contributed by atoms with Crippen molar-refractivity contribution in [3.05, 3.63) is 30.3 Å². The number of nitrogens with one attached hydrogen (secondary N) is 1. The summed E-state index contributed by atoms with van der Waals surface area (Å²) in [6.45, 7) is 11.8. The van der Waals surface area contributed by atoms with Crippen molar-refractivity contribution in [2.45, 2.75) is 38.1 Å². The molecule has 0 amide bonds. The number of thioether (sulfide) groups is 1. The van der Waals surface area contributed by atoms with E-state index in [4.69, 9.17) is 0 Å². The van der Waals surface area contributed by atoms with Crippen LogP contribution < -0.4 is 5.32 Å². The number of benzene rings is 1. The van der Waals surface area contributed by atoms with Gasteiger partial charge in [-0.25, -0.2) is 0 Å². The molecule has 0 spiro atoms. The number of hydrogen-bond donors (Lipinski definition) is 1. The second-order valence-electron chi connectivity index (χ2n) is 6.69. The zero-order valence-corrected chi connectivity index (χ0v) is 13.9. The molecule has 3 heteroatoms. The summed E-state index contributed by atoms with van der Waals surface area (Å²) >= 11 is 1.97. The summed E-state index contributed by atoms with van der Waals surface area (Å²) in [5, 5.41) is 3.71. The van der Waals surface area contributed by atoms with Gasteiger partial charge < -0.3 is 10.2 Å². The third kappa shape index (κ3) is 5.12. The van der Waals surface area contributed by atoms with Crippen LogP contribution in [-0.4, -0.2) is 42.9 Å². The minimum atomic E-state index is 0.342. The molecule has 2 rings (SSSR count). The molecule has 0 aromatic heterocycles. The van der Waals surface area contributed by atoms with Crippen molar-refractivity contribution >= 4 is 11.8 Å². The van der Waals surface area contributed by atoms with E-state index in [1.165, 1.54) is 36.7 Å². The molecule has 1 aliphatic rings. The first-order chi connectivity index (χ1) is 9.55. The highest BCUT2D eigenvalue weighted by molar-refractivity contribution is 7.99. The Bertz CT molecular complexity index is 386. The summed E-state index contributed by atoms with van der Waals surface area (Å²) in [4.78, 5) is 4.01. The van der Waals surface area contributed by atoms with Gasteiger partial charge in [-0.2, -0.15) is 0 Å². The average Bonchev–Trinajstić information content (AvgIpc) is 2.65. The minimum absolute atomic E-state index is 0.342. The predicted octanol–water partition coefficient (Wildman–Crippen LogP) is 3.49. The molecule has 1 aliphatic heterocycles. The molecular formula is C17H28N2S. The molecule has 1 fully saturated rings. The third-order valence-electron chi connectivity index (χ3n) is 3.95. The smallest absolute Gasteiger partial charge is 0.0243 e. The fraction of sp³-hybridized carbons (Fsp3) is 0.647. The number of hydrogen-bond acceptors (Lipinski definition) is 3. The van der Waals surface area contributed by atoms with E-state index >= 15 is 0 Å². The summed E-state index contributed by atoms with van der Waals surface area (Å²) in [6, 6.07) is 11.3. The van der Waals surface area contributed by atoms with Crippen molar-refractivity contribution in [3.8, 4) is 0 Å². The summed E-state index contributed by atoms with van der Waals surface area (Å²) in [6.07, 6.45) is 1.27. The summed E-state index contributed by atoms with van der Waals surface area (Å²) in [7, 11) is 0. The van der Waals surface area contributed by atoms with Gasteiger partial charge >= 0.3 is 0 Å². The van der Waals surface area contributed by atoms with Gasteiger partial charge in [0, 0.05) is 29.8 Å². The lowest BCUT2D eigenvalue weighted by atomic mass is 9.86. The highest BCUT2D eigenvalue weighted by Crippen LogP contribution is 2.22. The molecule has 0 aliphatic carbocycles. The Morgan fingerprint density at radius 3 is 2.70 bits per heavy atom. The molecule has 0 radical (unpaired) electrons. The second-order valence-corrected chi connectivity index (χ2v) is 7.86. The largest absolute Gasteiger partial charge is 0.312 e. The van der Waals surface area contributed by atoms with Crippen molar-refractivity contribution in [2.75, 3.05) is 31.9 Å². The van der Waals surface area contributed by atoms with Crippen LogP contribution in [-0.2, 0) is 0 Å². The quantitative estimate of drug-likeness (QED) is 0.855. The van der Waals surface area contributed by atoms with Gasteiger partial charge in [0.2, 0.25) is 0 Å². The van der Waals surface area contributed by atoms with E-state index in [2.05, 4.69) is 61.3 Å². The van der Waals surface area contributed by atoms with Gasteiger partial charge in [0.1, 0.15) is 0 Å². The van der Waals surface area contributed by atoms with E-state index in [1.807, 2.05) is 11.8 Å². The molecule has 1 saturated heterocycles. The van der Waals surface area contributed by atoms with Crippen LogP contribution in [0, 0.1) is 5.41 Å². The van der Waals surface area contributed by atoms with E-state index in [0.717, 1.165) is 6.54 Å². The molecule has 1 aromatic carbocycles. The van der Waals surface area contributed by atoms with Crippen molar-refractivity contribution in [1.82, 2.24) is 10.2 Å². The van der Waals surface area contributed by atoms with Crippen molar-refractivity contribution in [1.29, 1.82) is 0 Å². The standard InChI is InChI=1S/C17H28N2S/c1-17(2,3)16-14-19(11-7-10-18-16)12-13-20-15-8-5-4-6-9-15/h4-6,8-9,16,18H,7,10-14H2,1-3H3. The maximum absolute atomic E-state index is 3.71. The van der Waals surface area contributed by atoms with E-state index in [0.29, 0.717) is 11.5 Å². The Morgan fingerprint density at radius 2 is 2.00 bits per heavy atom. The molecule has 2 nitrogen and oxygen atoms in total. The van der Waals surface area contributed by atoms with Crippen molar-refractivity contribution in [3.63, 3.8) is 0 Å². The van der Waals surface area contributed by atoms with Crippen molar-refractivity contribution < 1.29 is 0 Å². The predicted molar refractivity (Wildman–Crippen MR) is 89.5 cm³/mol. The summed E-state index contributed by atoms with van der Waals surface area (Å²) < 4.78 is 0. The zero-order chi connectivity index (χ0) is 14.4. The monoisotopic (exact) mass is 292 g/mol. The Kier molecular flexibility index (Phi) is 5.94. The topological polar surface area (TPSA) is 15.3 Å². The molecule has 0 bridgehead atoms. The van der Waals surface area contributed by atoms with Gasteiger partial charge in [0.15, 0.2) is 0 Å². The Balaban J connectivity index is 1.79. The van der Waals surface area contributed by atoms with Gasteiger partial charge in [-0.15, -0.1) is 11.8 Å². The fourth-order valence-electron chi connectivity index (χ4n) is 2.59. The van der Waals surface area contributed by atoms with Gasteiger partial charge in [-0.3, -0.25) is 0 Å². The van der Waals surface area contributed by atoms with Gasteiger partial charge in [-0.05, 0) is 37.1 Å². The van der Waals surface area contributed by atoms with E-state index in [-0.39, 0.29) is 0 Å². The lowest BCUT2D eigenvalue weighted by Crippen LogP contribution is -2.46. The van der Waals surface area contributed by atoms with Crippen molar-refractivity contribution in [2.24, 2.45) is 5.41 Å². The highest BCUT2D eigenvalue weighted by Gasteiger charge is 2.27.